The number of hydrogen-bond acceptors (Lipinski definition) is 2. The molecule has 0 spiro atoms. The Balaban J connectivity index is 2.20. The van der Waals surface area contributed by atoms with Crippen molar-refractivity contribution in [2.45, 2.75) is 31.9 Å². The van der Waals surface area contributed by atoms with Crippen LogP contribution in [-0.2, 0) is 4.79 Å². The molecule has 2 rings (SSSR count). The minimum atomic E-state index is -4.46. The number of rotatable bonds is 3. The normalized spacial score (nSPS) is 21.5. The van der Waals surface area contributed by atoms with E-state index in [9.17, 15) is 26.7 Å². The van der Waals surface area contributed by atoms with Crippen LogP contribution < -0.4 is 10.2 Å². The Hall–Kier alpha value is -1.86. The average Bonchev–Trinajstić information content (AvgIpc) is 2.45. The van der Waals surface area contributed by atoms with Gasteiger partial charge in [0.05, 0.1) is 5.92 Å². The van der Waals surface area contributed by atoms with Crippen LogP contribution in [0.25, 0.3) is 0 Å². The fourth-order valence-electron chi connectivity index (χ4n) is 3.14. The molecule has 1 aromatic carbocycles. The summed E-state index contributed by atoms with van der Waals surface area (Å²) in [5.74, 6) is -5.61. The zero-order valence-corrected chi connectivity index (χ0v) is 13.4. The maximum atomic E-state index is 13.9. The molecule has 0 saturated heterocycles. The summed E-state index contributed by atoms with van der Waals surface area (Å²) < 4.78 is 67.0. The summed E-state index contributed by atoms with van der Waals surface area (Å²) >= 11 is 0. The molecule has 3 nitrogen and oxygen atoms in total. The molecule has 0 radical (unpaired) electrons. The number of benzene rings is 1. The number of anilines is 2. The highest BCUT2D eigenvalue weighted by atomic mass is 19.4. The lowest BCUT2D eigenvalue weighted by Crippen LogP contribution is -2.39. The van der Waals surface area contributed by atoms with Crippen LogP contribution in [-0.4, -0.2) is 26.2 Å². The third-order valence-corrected chi connectivity index (χ3v) is 4.25. The fourth-order valence-corrected chi connectivity index (χ4v) is 3.14. The van der Waals surface area contributed by atoms with Crippen molar-refractivity contribution in [3.05, 3.63) is 23.8 Å². The first-order valence-electron chi connectivity index (χ1n) is 7.65. The topological polar surface area (TPSA) is 32.3 Å². The van der Waals surface area contributed by atoms with E-state index >= 15 is 0 Å². The first kappa shape index (κ1) is 18.5. The van der Waals surface area contributed by atoms with Gasteiger partial charge < -0.3 is 10.2 Å². The molecule has 2 unspecified atom stereocenters. The van der Waals surface area contributed by atoms with Gasteiger partial charge in [0.2, 0.25) is 5.91 Å². The van der Waals surface area contributed by atoms with Gasteiger partial charge in [-0.2, -0.15) is 13.2 Å². The Labute approximate surface area is 136 Å². The third kappa shape index (κ3) is 3.96. The Morgan fingerprint density at radius 1 is 1.12 bits per heavy atom. The van der Waals surface area contributed by atoms with Gasteiger partial charge in [0.15, 0.2) is 11.6 Å². The second-order valence-electron chi connectivity index (χ2n) is 6.21. The third-order valence-electron chi connectivity index (χ3n) is 4.25. The van der Waals surface area contributed by atoms with Crippen molar-refractivity contribution in [2.24, 2.45) is 11.8 Å². The monoisotopic (exact) mass is 350 g/mol. The molecule has 1 fully saturated rings. The first-order chi connectivity index (χ1) is 11.1. The molecule has 1 saturated carbocycles. The van der Waals surface area contributed by atoms with Gasteiger partial charge in [-0.25, -0.2) is 8.78 Å². The molecule has 134 valence electrons. The van der Waals surface area contributed by atoms with Gasteiger partial charge in [-0.3, -0.25) is 4.79 Å². The van der Waals surface area contributed by atoms with Crippen LogP contribution in [0.1, 0.15) is 25.7 Å². The van der Waals surface area contributed by atoms with Crippen LogP contribution in [0, 0.1) is 23.5 Å². The SMILES string of the molecule is CN(C)c1c(F)cc(NC(=O)C2CCCCC2C(F)(F)F)cc1F. The van der Waals surface area contributed by atoms with Crippen LogP contribution in [0.5, 0.6) is 0 Å². The lowest BCUT2D eigenvalue weighted by molar-refractivity contribution is -0.197. The Kier molecular flexibility index (Phi) is 5.35. The molecule has 1 aliphatic rings. The molecule has 24 heavy (non-hydrogen) atoms. The van der Waals surface area contributed by atoms with E-state index in [0.717, 1.165) is 12.1 Å². The second kappa shape index (κ2) is 6.94. The van der Waals surface area contributed by atoms with Crippen LogP contribution in [0.4, 0.5) is 33.3 Å². The summed E-state index contributed by atoms with van der Waals surface area (Å²) in [7, 11) is 2.91. The standard InChI is InChI=1S/C16H19F5N2O/c1-23(2)14-12(17)7-9(8-13(14)18)22-15(24)10-5-3-4-6-11(10)16(19,20)21/h7-8,10-11H,3-6H2,1-2H3,(H,22,24). The second-order valence-corrected chi connectivity index (χ2v) is 6.21. The van der Waals surface area contributed by atoms with Crippen molar-refractivity contribution >= 4 is 17.3 Å². The highest BCUT2D eigenvalue weighted by molar-refractivity contribution is 5.93. The lowest BCUT2D eigenvalue weighted by Gasteiger charge is -2.32. The summed E-state index contributed by atoms with van der Waals surface area (Å²) in [5.41, 5.74) is -0.467. The van der Waals surface area contributed by atoms with Crippen molar-refractivity contribution in [2.75, 3.05) is 24.3 Å². The number of carbonyl (C=O) groups excluding carboxylic acids is 1. The zero-order valence-electron chi connectivity index (χ0n) is 13.4. The van der Waals surface area contributed by atoms with E-state index in [-0.39, 0.29) is 24.2 Å². The smallest absolute Gasteiger partial charge is 0.373 e. The van der Waals surface area contributed by atoms with Crippen molar-refractivity contribution in [3.63, 3.8) is 0 Å². The average molecular weight is 350 g/mol. The van der Waals surface area contributed by atoms with Gasteiger partial charge >= 0.3 is 6.18 Å². The minimum Gasteiger partial charge on any atom is -0.373 e. The minimum absolute atomic E-state index is 0.107. The van der Waals surface area contributed by atoms with E-state index in [1.165, 1.54) is 19.0 Å². The highest BCUT2D eigenvalue weighted by Gasteiger charge is 2.48. The summed E-state index contributed by atoms with van der Waals surface area (Å²) in [4.78, 5) is 13.4. The molecule has 0 aromatic heterocycles. The number of halogens is 5. The molecule has 0 aliphatic heterocycles. The van der Waals surface area contributed by atoms with Gasteiger partial charge in [0.25, 0.3) is 0 Å². The van der Waals surface area contributed by atoms with Crippen LogP contribution in [0.3, 0.4) is 0 Å². The van der Waals surface area contributed by atoms with E-state index in [1.54, 1.807) is 0 Å². The van der Waals surface area contributed by atoms with E-state index in [1.807, 2.05) is 0 Å². The highest BCUT2D eigenvalue weighted by Crippen LogP contribution is 2.42. The predicted molar refractivity (Wildman–Crippen MR) is 80.8 cm³/mol. The van der Waals surface area contributed by atoms with E-state index in [4.69, 9.17) is 0 Å². The fraction of sp³-hybridized carbons (Fsp3) is 0.562. The molecule has 8 heteroatoms. The molecule has 2 atom stereocenters. The maximum absolute atomic E-state index is 13.9. The summed E-state index contributed by atoms with van der Waals surface area (Å²) in [6.07, 6.45) is -3.53. The van der Waals surface area contributed by atoms with Crippen LogP contribution in [0.15, 0.2) is 12.1 Å². The number of nitrogens with one attached hydrogen (secondary N) is 1. The summed E-state index contributed by atoms with van der Waals surface area (Å²) in [6, 6.07) is 1.81. The van der Waals surface area contributed by atoms with Gasteiger partial charge in [0.1, 0.15) is 5.69 Å². The number of carbonyl (C=O) groups is 1. The first-order valence-corrected chi connectivity index (χ1v) is 7.65. The molecule has 0 heterocycles. The number of hydrogen-bond donors (Lipinski definition) is 1. The van der Waals surface area contributed by atoms with Gasteiger partial charge in [-0.15, -0.1) is 0 Å². The number of amides is 1. The molecule has 1 amide bonds. The van der Waals surface area contributed by atoms with E-state index < -0.39 is 35.6 Å². The van der Waals surface area contributed by atoms with Gasteiger partial charge in [-0.05, 0) is 25.0 Å². The molecule has 1 N–H and O–H groups in total. The molecule has 1 aliphatic carbocycles. The molecular formula is C16H19F5N2O. The number of nitrogens with zero attached hydrogens (tertiary/aromatic N) is 1. The quantitative estimate of drug-likeness (QED) is 0.823. The zero-order chi connectivity index (χ0) is 18.1. The maximum Gasteiger partial charge on any atom is 0.392 e. The summed E-state index contributed by atoms with van der Waals surface area (Å²) in [6.45, 7) is 0. The largest absolute Gasteiger partial charge is 0.392 e. The Morgan fingerprint density at radius 2 is 1.67 bits per heavy atom. The van der Waals surface area contributed by atoms with Crippen molar-refractivity contribution in [1.29, 1.82) is 0 Å². The molecule has 0 bridgehead atoms. The van der Waals surface area contributed by atoms with Gasteiger partial charge in [0, 0.05) is 25.7 Å². The summed E-state index contributed by atoms with van der Waals surface area (Å²) in [5, 5.41) is 2.22. The van der Waals surface area contributed by atoms with Crippen molar-refractivity contribution in [3.8, 4) is 0 Å². The van der Waals surface area contributed by atoms with Crippen LogP contribution in [0.2, 0.25) is 0 Å². The molecule has 1 aromatic rings. The van der Waals surface area contributed by atoms with Gasteiger partial charge in [-0.1, -0.05) is 12.8 Å². The van der Waals surface area contributed by atoms with E-state index in [0.29, 0.717) is 12.8 Å². The van der Waals surface area contributed by atoms with E-state index in [2.05, 4.69) is 5.32 Å². The number of alkyl halides is 3. The van der Waals surface area contributed by atoms with Crippen molar-refractivity contribution in [1.82, 2.24) is 0 Å². The van der Waals surface area contributed by atoms with Crippen molar-refractivity contribution < 1.29 is 26.7 Å². The lowest BCUT2D eigenvalue weighted by atomic mass is 9.78. The predicted octanol–water partition coefficient (Wildman–Crippen LogP) is 4.34. The Bertz CT molecular complexity index is 592. The molecular weight excluding hydrogens is 331 g/mol. The van der Waals surface area contributed by atoms with Crippen LogP contribution >= 0.6 is 0 Å². The Morgan fingerprint density at radius 3 is 2.17 bits per heavy atom.